The Hall–Kier alpha value is -1.55. The van der Waals surface area contributed by atoms with E-state index in [4.69, 9.17) is 16.3 Å². The smallest absolute Gasteiger partial charge is 0.222 e. The molecule has 0 aliphatic carbocycles. The topological polar surface area (TPSA) is 39.9 Å². The van der Waals surface area contributed by atoms with Crippen LogP contribution in [0.25, 0.3) is 0 Å². The first-order valence-electron chi connectivity index (χ1n) is 5.83. The zero-order chi connectivity index (χ0) is 13.1. The molecule has 0 spiro atoms. The van der Waals surface area contributed by atoms with Crippen LogP contribution in [0, 0.1) is 6.92 Å². The molecule has 0 saturated carbocycles. The van der Waals surface area contributed by atoms with E-state index in [1.807, 2.05) is 23.9 Å². The van der Waals surface area contributed by atoms with Crippen LogP contribution in [0.3, 0.4) is 0 Å². The van der Waals surface area contributed by atoms with Crippen LogP contribution in [-0.2, 0) is 5.88 Å². The summed E-state index contributed by atoms with van der Waals surface area (Å²) in [6.07, 6.45) is 5.28. The predicted octanol–water partition coefficient (Wildman–Crippen LogP) is 3.70. The number of hydrogen-bond acceptors (Lipinski definition) is 3. The van der Waals surface area contributed by atoms with Crippen molar-refractivity contribution in [3.63, 3.8) is 0 Å². The van der Waals surface area contributed by atoms with E-state index in [1.54, 1.807) is 12.4 Å². The van der Waals surface area contributed by atoms with Gasteiger partial charge in [0.2, 0.25) is 5.88 Å². The molecule has 0 aliphatic rings. The van der Waals surface area contributed by atoms with Gasteiger partial charge in [-0.2, -0.15) is 5.10 Å². The lowest BCUT2D eigenvalue weighted by Crippen LogP contribution is -1.99. The van der Waals surface area contributed by atoms with Gasteiger partial charge in [-0.05, 0) is 32.4 Å². The Morgan fingerprint density at radius 1 is 1.39 bits per heavy atom. The van der Waals surface area contributed by atoms with E-state index < -0.39 is 0 Å². The lowest BCUT2D eigenvalue weighted by molar-refractivity contribution is 0.455. The van der Waals surface area contributed by atoms with Gasteiger partial charge in [-0.25, -0.2) is 4.98 Å². The molecule has 5 heteroatoms. The first-order valence-corrected chi connectivity index (χ1v) is 6.37. The molecule has 2 rings (SSSR count). The predicted molar refractivity (Wildman–Crippen MR) is 71.2 cm³/mol. The van der Waals surface area contributed by atoms with Gasteiger partial charge in [0.05, 0.1) is 12.4 Å². The molecule has 18 heavy (non-hydrogen) atoms. The summed E-state index contributed by atoms with van der Waals surface area (Å²) in [4.78, 5) is 4.25. The van der Waals surface area contributed by atoms with Crippen molar-refractivity contribution in [3.8, 4) is 11.6 Å². The third kappa shape index (κ3) is 2.82. The van der Waals surface area contributed by atoms with Crippen LogP contribution < -0.4 is 4.74 Å². The summed E-state index contributed by atoms with van der Waals surface area (Å²) in [6, 6.07) is 2.29. The molecule has 0 atom stereocenters. The summed E-state index contributed by atoms with van der Waals surface area (Å²) < 4.78 is 7.55. The van der Waals surface area contributed by atoms with Gasteiger partial charge >= 0.3 is 0 Å². The number of hydrogen-bond donors (Lipinski definition) is 0. The van der Waals surface area contributed by atoms with Crippen molar-refractivity contribution in [2.75, 3.05) is 0 Å². The molecule has 2 heterocycles. The number of alkyl halides is 1. The summed E-state index contributed by atoms with van der Waals surface area (Å²) in [5.74, 6) is 1.74. The average molecular weight is 266 g/mol. The van der Waals surface area contributed by atoms with Gasteiger partial charge in [0, 0.05) is 23.7 Å². The quantitative estimate of drug-likeness (QED) is 0.792. The molecule has 0 amide bonds. The standard InChI is InChI=1S/C13H16ClN3O/c1-9(2)17-8-12(7-16-17)18-13-10(3)4-11(5-14)6-15-13/h4,6-9H,5H2,1-3H3. The number of pyridine rings is 1. The van der Waals surface area contributed by atoms with Crippen LogP contribution in [0.4, 0.5) is 0 Å². The lowest BCUT2D eigenvalue weighted by atomic mass is 10.2. The van der Waals surface area contributed by atoms with Crippen LogP contribution in [-0.4, -0.2) is 14.8 Å². The molecule has 0 saturated heterocycles. The molecule has 4 nitrogen and oxygen atoms in total. The van der Waals surface area contributed by atoms with Gasteiger partial charge in [-0.15, -0.1) is 11.6 Å². The molecular weight excluding hydrogens is 250 g/mol. The van der Waals surface area contributed by atoms with Crippen molar-refractivity contribution in [2.24, 2.45) is 0 Å². The summed E-state index contributed by atoms with van der Waals surface area (Å²) in [5, 5.41) is 4.22. The molecule has 0 N–H and O–H groups in total. The minimum atomic E-state index is 0.315. The maximum atomic E-state index is 5.76. The van der Waals surface area contributed by atoms with E-state index in [0.29, 0.717) is 23.6 Å². The summed E-state index contributed by atoms with van der Waals surface area (Å²) in [6.45, 7) is 6.08. The number of ether oxygens (including phenoxy) is 1. The fourth-order valence-electron chi connectivity index (χ4n) is 1.57. The fourth-order valence-corrected chi connectivity index (χ4v) is 1.71. The molecule has 2 aromatic rings. The van der Waals surface area contributed by atoms with E-state index in [0.717, 1.165) is 11.1 Å². The zero-order valence-corrected chi connectivity index (χ0v) is 11.5. The number of halogens is 1. The minimum absolute atomic E-state index is 0.315. The van der Waals surface area contributed by atoms with Gasteiger partial charge in [0.15, 0.2) is 5.75 Å². The third-order valence-electron chi connectivity index (χ3n) is 2.56. The highest BCUT2D eigenvalue weighted by atomic mass is 35.5. The lowest BCUT2D eigenvalue weighted by Gasteiger charge is -2.06. The van der Waals surface area contributed by atoms with Crippen LogP contribution in [0.5, 0.6) is 11.6 Å². The van der Waals surface area contributed by atoms with E-state index in [9.17, 15) is 0 Å². The second kappa shape index (κ2) is 5.40. The maximum absolute atomic E-state index is 5.76. The second-order valence-corrected chi connectivity index (χ2v) is 4.72. The number of rotatable bonds is 4. The van der Waals surface area contributed by atoms with E-state index >= 15 is 0 Å². The largest absolute Gasteiger partial charge is 0.435 e. The van der Waals surface area contributed by atoms with Crippen molar-refractivity contribution < 1.29 is 4.74 Å². The normalized spacial score (nSPS) is 10.9. The van der Waals surface area contributed by atoms with Crippen molar-refractivity contribution in [3.05, 3.63) is 35.8 Å². The van der Waals surface area contributed by atoms with Crippen molar-refractivity contribution in [1.82, 2.24) is 14.8 Å². The molecule has 0 aromatic carbocycles. The number of nitrogens with zero attached hydrogens (tertiary/aromatic N) is 3. The Bertz CT molecular complexity index is 537. The van der Waals surface area contributed by atoms with E-state index in [-0.39, 0.29) is 0 Å². The van der Waals surface area contributed by atoms with Gasteiger partial charge < -0.3 is 4.74 Å². The fraction of sp³-hybridized carbons (Fsp3) is 0.385. The van der Waals surface area contributed by atoms with Crippen LogP contribution in [0.1, 0.15) is 31.0 Å². The van der Waals surface area contributed by atoms with Crippen molar-refractivity contribution >= 4 is 11.6 Å². The van der Waals surface area contributed by atoms with Gasteiger partial charge in [0.25, 0.3) is 0 Å². The van der Waals surface area contributed by atoms with Gasteiger partial charge in [-0.3, -0.25) is 4.68 Å². The van der Waals surface area contributed by atoms with Crippen molar-refractivity contribution in [2.45, 2.75) is 32.7 Å². The first-order chi connectivity index (χ1) is 8.60. The highest BCUT2D eigenvalue weighted by molar-refractivity contribution is 6.17. The Labute approximate surface area is 112 Å². The Morgan fingerprint density at radius 2 is 2.17 bits per heavy atom. The Balaban J connectivity index is 2.17. The van der Waals surface area contributed by atoms with E-state index in [2.05, 4.69) is 23.9 Å². The molecule has 0 unspecified atom stereocenters. The average Bonchev–Trinajstić information content (AvgIpc) is 2.80. The third-order valence-corrected chi connectivity index (χ3v) is 2.87. The van der Waals surface area contributed by atoms with Crippen LogP contribution in [0.15, 0.2) is 24.7 Å². The summed E-state index contributed by atoms with van der Waals surface area (Å²) >= 11 is 5.76. The Kier molecular flexibility index (Phi) is 3.87. The van der Waals surface area contributed by atoms with Gasteiger partial charge in [0.1, 0.15) is 0 Å². The number of aryl methyl sites for hydroxylation is 1. The highest BCUT2D eigenvalue weighted by Crippen LogP contribution is 2.23. The monoisotopic (exact) mass is 265 g/mol. The maximum Gasteiger partial charge on any atom is 0.222 e. The molecule has 0 radical (unpaired) electrons. The van der Waals surface area contributed by atoms with Gasteiger partial charge in [-0.1, -0.05) is 0 Å². The SMILES string of the molecule is Cc1cc(CCl)cnc1Oc1cnn(C(C)C)c1. The Morgan fingerprint density at radius 3 is 2.72 bits per heavy atom. The zero-order valence-electron chi connectivity index (χ0n) is 10.7. The van der Waals surface area contributed by atoms with E-state index in [1.165, 1.54) is 0 Å². The molecule has 0 fully saturated rings. The molecular formula is C13H16ClN3O. The number of aromatic nitrogens is 3. The first kappa shape index (κ1) is 12.9. The second-order valence-electron chi connectivity index (χ2n) is 4.45. The minimum Gasteiger partial charge on any atom is -0.435 e. The van der Waals surface area contributed by atoms with Crippen molar-refractivity contribution in [1.29, 1.82) is 0 Å². The molecule has 96 valence electrons. The van der Waals surface area contributed by atoms with Crippen LogP contribution in [0.2, 0.25) is 0 Å². The molecule has 2 aromatic heterocycles. The molecule has 0 bridgehead atoms. The summed E-state index contributed by atoms with van der Waals surface area (Å²) in [7, 11) is 0. The summed E-state index contributed by atoms with van der Waals surface area (Å²) in [5.41, 5.74) is 1.95. The highest BCUT2D eigenvalue weighted by Gasteiger charge is 2.07. The van der Waals surface area contributed by atoms with Crippen LogP contribution >= 0.6 is 11.6 Å². The molecule has 0 aliphatic heterocycles.